The Morgan fingerprint density at radius 2 is 1.94 bits per heavy atom. The van der Waals surface area contributed by atoms with Crippen molar-refractivity contribution in [3.8, 4) is 0 Å². The van der Waals surface area contributed by atoms with E-state index in [0.717, 1.165) is 5.56 Å². The van der Waals surface area contributed by atoms with E-state index in [2.05, 4.69) is 0 Å². The molecule has 1 rings (SSSR count). The van der Waals surface area contributed by atoms with E-state index in [9.17, 15) is 4.79 Å². The third kappa shape index (κ3) is 2.93. The fourth-order valence-electron chi connectivity index (χ4n) is 1.60. The third-order valence-corrected chi connectivity index (χ3v) is 3.73. The third-order valence-electron chi connectivity index (χ3n) is 2.99. The lowest BCUT2D eigenvalue weighted by molar-refractivity contribution is -0.149. The van der Waals surface area contributed by atoms with Crippen molar-refractivity contribution in [2.75, 3.05) is 6.61 Å². The maximum Gasteiger partial charge on any atom is 0.316 e. The van der Waals surface area contributed by atoms with Crippen molar-refractivity contribution < 1.29 is 9.53 Å². The van der Waals surface area contributed by atoms with Crippen LogP contribution in [-0.4, -0.2) is 12.6 Å². The minimum absolute atomic E-state index is 0.235. The van der Waals surface area contributed by atoms with Crippen LogP contribution in [0.15, 0.2) is 18.2 Å². The van der Waals surface area contributed by atoms with Crippen molar-refractivity contribution in [2.45, 2.75) is 32.6 Å². The minimum atomic E-state index is -0.676. The Kier molecular flexibility index (Phi) is 4.84. The molecule has 0 saturated heterocycles. The van der Waals surface area contributed by atoms with Gasteiger partial charge in [0.1, 0.15) is 0 Å². The Morgan fingerprint density at radius 1 is 1.29 bits per heavy atom. The Morgan fingerprint density at radius 3 is 2.41 bits per heavy atom. The average molecular weight is 275 g/mol. The van der Waals surface area contributed by atoms with Gasteiger partial charge >= 0.3 is 5.97 Å². The summed E-state index contributed by atoms with van der Waals surface area (Å²) in [6, 6.07) is 5.24. The van der Waals surface area contributed by atoms with Crippen LogP contribution < -0.4 is 0 Å². The fraction of sp³-hybridized carbons (Fsp3) is 0.462. The fourth-order valence-corrected chi connectivity index (χ4v) is 1.89. The summed E-state index contributed by atoms with van der Waals surface area (Å²) in [7, 11) is 0. The molecule has 1 aromatic rings. The van der Waals surface area contributed by atoms with Gasteiger partial charge in [-0.3, -0.25) is 4.79 Å². The Bertz CT molecular complexity index is 418. The predicted octanol–water partition coefficient (Wildman–Crippen LogP) is 4.22. The average Bonchev–Trinajstić information content (AvgIpc) is 2.32. The van der Waals surface area contributed by atoms with Gasteiger partial charge in [0.15, 0.2) is 0 Å². The van der Waals surface area contributed by atoms with Crippen LogP contribution in [0, 0.1) is 0 Å². The largest absolute Gasteiger partial charge is 0.465 e. The molecule has 2 nitrogen and oxygen atoms in total. The standard InChI is InChI=1S/C13H16Cl2O2/c1-4-13(3,12(16)17-5-2)9-6-7-10(14)11(15)8-9/h6-8H,4-5H2,1-3H3. The smallest absolute Gasteiger partial charge is 0.316 e. The zero-order chi connectivity index (χ0) is 13.1. The highest BCUT2D eigenvalue weighted by Crippen LogP contribution is 2.33. The lowest BCUT2D eigenvalue weighted by atomic mass is 9.80. The van der Waals surface area contributed by atoms with E-state index in [0.29, 0.717) is 23.1 Å². The first-order valence-electron chi connectivity index (χ1n) is 5.58. The quantitative estimate of drug-likeness (QED) is 0.769. The summed E-state index contributed by atoms with van der Waals surface area (Å²) in [5, 5.41) is 0.936. The van der Waals surface area contributed by atoms with Crippen molar-refractivity contribution in [2.24, 2.45) is 0 Å². The van der Waals surface area contributed by atoms with Crippen LogP contribution in [0.25, 0.3) is 0 Å². The molecule has 0 aromatic heterocycles. The zero-order valence-corrected chi connectivity index (χ0v) is 11.7. The molecule has 1 unspecified atom stereocenters. The molecule has 0 bridgehead atoms. The summed E-state index contributed by atoms with van der Waals surface area (Å²) in [6.45, 7) is 5.96. The number of benzene rings is 1. The molecule has 0 aliphatic rings. The van der Waals surface area contributed by atoms with Crippen molar-refractivity contribution in [1.82, 2.24) is 0 Å². The summed E-state index contributed by atoms with van der Waals surface area (Å²) in [4.78, 5) is 12.0. The number of ether oxygens (including phenoxy) is 1. The summed E-state index contributed by atoms with van der Waals surface area (Å²) in [5.74, 6) is -0.235. The summed E-state index contributed by atoms with van der Waals surface area (Å²) in [6.07, 6.45) is 0.643. The Hall–Kier alpha value is -0.730. The van der Waals surface area contributed by atoms with Crippen LogP contribution in [0.5, 0.6) is 0 Å². The number of carbonyl (C=O) groups excluding carboxylic acids is 1. The molecule has 1 aromatic carbocycles. The van der Waals surface area contributed by atoms with E-state index >= 15 is 0 Å². The highest BCUT2D eigenvalue weighted by Gasteiger charge is 2.35. The van der Waals surface area contributed by atoms with Crippen LogP contribution in [-0.2, 0) is 14.9 Å². The van der Waals surface area contributed by atoms with E-state index in [-0.39, 0.29) is 5.97 Å². The molecule has 0 amide bonds. The first kappa shape index (κ1) is 14.3. The molecule has 0 fully saturated rings. The van der Waals surface area contributed by atoms with E-state index in [1.807, 2.05) is 19.9 Å². The number of halogens is 2. The van der Waals surface area contributed by atoms with E-state index < -0.39 is 5.41 Å². The van der Waals surface area contributed by atoms with E-state index in [1.165, 1.54) is 0 Å². The molecule has 0 aliphatic heterocycles. The highest BCUT2D eigenvalue weighted by molar-refractivity contribution is 6.42. The first-order chi connectivity index (χ1) is 7.95. The molecule has 0 saturated carbocycles. The summed E-state index contributed by atoms with van der Waals surface area (Å²) in [5.41, 5.74) is 0.150. The highest BCUT2D eigenvalue weighted by atomic mass is 35.5. The molecule has 0 spiro atoms. The molecular weight excluding hydrogens is 259 g/mol. The maximum absolute atomic E-state index is 12.0. The van der Waals surface area contributed by atoms with Gasteiger partial charge < -0.3 is 4.74 Å². The SMILES string of the molecule is CCOC(=O)C(C)(CC)c1ccc(Cl)c(Cl)c1. The van der Waals surface area contributed by atoms with Gasteiger partial charge in [-0.1, -0.05) is 36.2 Å². The van der Waals surface area contributed by atoms with Crippen LogP contribution in [0.1, 0.15) is 32.8 Å². The minimum Gasteiger partial charge on any atom is -0.465 e. The molecule has 4 heteroatoms. The van der Waals surface area contributed by atoms with Crippen molar-refractivity contribution in [3.63, 3.8) is 0 Å². The van der Waals surface area contributed by atoms with Gasteiger partial charge in [0, 0.05) is 0 Å². The number of hydrogen-bond donors (Lipinski definition) is 0. The van der Waals surface area contributed by atoms with Crippen LogP contribution in [0.2, 0.25) is 10.0 Å². The maximum atomic E-state index is 12.0. The molecule has 0 aliphatic carbocycles. The predicted molar refractivity (Wildman–Crippen MR) is 70.7 cm³/mol. The molecule has 17 heavy (non-hydrogen) atoms. The molecule has 0 radical (unpaired) electrons. The zero-order valence-electron chi connectivity index (χ0n) is 10.2. The van der Waals surface area contributed by atoms with Gasteiger partial charge in [0.05, 0.1) is 22.1 Å². The van der Waals surface area contributed by atoms with Gasteiger partial charge in [0.2, 0.25) is 0 Å². The number of hydrogen-bond acceptors (Lipinski definition) is 2. The summed E-state index contributed by atoms with van der Waals surface area (Å²) < 4.78 is 5.11. The molecule has 0 heterocycles. The number of esters is 1. The normalized spacial score (nSPS) is 14.2. The van der Waals surface area contributed by atoms with E-state index in [4.69, 9.17) is 27.9 Å². The van der Waals surface area contributed by atoms with E-state index in [1.54, 1.807) is 19.1 Å². The number of carbonyl (C=O) groups is 1. The van der Waals surface area contributed by atoms with Gasteiger partial charge in [0.25, 0.3) is 0 Å². The van der Waals surface area contributed by atoms with Crippen molar-refractivity contribution >= 4 is 29.2 Å². The number of rotatable bonds is 4. The lowest BCUT2D eigenvalue weighted by Gasteiger charge is -2.26. The molecule has 94 valence electrons. The second-order valence-electron chi connectivity index (χ2n) is 4.04. The van der Waals surface area contributed by atoms with Crippen LogP contribution in [0.4, 0.5) is 0 Å². The van der Waals surface area contributed by atoms with Gasteiger partial charge in [-0.2, -0.15) is 0 Å². The van der Waals surface area contributed by atoms with Crippen molar-refractivity contribution in [1.29, 1.82) is 0 Å². The van der Waals surface area contributed by atoms with Crippen molar-refractivity contribution in [3.05, 3.63) is 33.8 Å². The Balaban J connectivity index is 3.15. The van der Waals surface area contributed by atoms with Crippen LogP contribution >= 0.6 is 23.2 Å². The second kappa shape index (κ2) is 5.74. The van der Waals surface area contributed by atoms with Gasteiger partial charge in [-0.15, -0.1) is 0 Å². The first-order valence-corrected chi connectivity index (χ1v) is 6.34. The Labute approximate surface area is 112 Å². The molecule has 0 N–H and O–H groups in total. The molecular formula is C13H16Cl2O2. The van der Waals surface area contributed by atoms with Gasteiger partial charge in [-0.05, 0) is 38.0 Å². The topological polar surface area (TPSA) is 26.3 Å². The second-order valence-corrected chi connectivity index (χ2v) is 4.85. The summed E-state index contributed by atoms with van der Waals surface area (Å²) >= 11 is 11.8. The monoisotopic (exact) mass is 274 g/mol. The van der Waals surface area contributed by atoms with Gasteiger partial charge in [-0.25, -0.2) is 0 Å². The van der Waals surface area contributed by atoms with Crippen LogP contribution in [0.3, 0.4) is 0 Å². The lowest BCUT2D eigenvalue weighted by Crippen LogP contribution is -2.33. The molecule has 1 atom stereocenters.